The van der Waals surface area contributed by atoms with Crippen molar-refractivity contribution < 1.29 is 9.53 Å². The molecule has 0 heterocycles. The Morgan fingerprint density at radius 2 is 1.84 bits per heavy atom. The third-order valence-corrected chi connectivity index (χ3v) is 3.01. The smallest absolute Gasteiger partial charge is 0.253 e. The van der Waals surface area contributed by atoms with E-state index >= 15 is 0 Å². The molecular formula is C15H24N2O2. The number of rotatable bonds is 7. The highest BCUT2D eigenvalue weighted by atomic mass is 16.5. The number of carbonyl (C=O) groups excluding carboxylic acids is 1. The van der Waals surface area contributed by atoms with Crippen LogP contribution in [0.25, 0.3) is 0 Å². The normalized spacial score (nSPS) is 12.0. The third-order valence-electron chi connectivity index (χ3n) is 3.01. The van der Waals surface area contributed by atoms with Gasteiger partial charge < -0.3 is 15.0 Å². The Balaban J connectivity index is 2.68. The van der Waals surface area contributed by atoms with Crippen molar-refractivity contribution in [2.75, 3.05) is 32.1 Å². The van der Waals surface area contributed by atoms with Gasteiger partial charge in [0, 0.05) is 37.5 Å². The van der Waals surface area contributed by atoms with Crippen molar-refractivity contribution in [2.45, 2.75) is 26.8 Å². The van der Waals surface area contributed by atoms with E-state index in [-0.39, 0.29) is 11.9 Å². The van der Waals surface area contributed by atoms with Gasteiger partial charge in [0.25, 0.3) is 5.91 Å². The van der Waals surface area contributed by atoms with E-state index in [0.29, 0.717) is 6.61 Å². The van der Waals surface area contributed by atoms with E-state index in [4.69, 9.17) is 4.74 Å². The summed E-state index contributed by atoms with van der Waals surface area (Å²) in [4.78, 5) is 13.9. The Bertz CT molecular complexity index is 386. The van der Waals surface area contributed by atoms with Crippen molar-refractivity contribution in [2.24, 2.45) is 0 Å². The van der Waals surface area contributed by atoms with Gasteiger partial charge in [-0.05, 0) is 45.0 Å². The first kappa shape index (κ1) is 15.5. The number of hydrogen-bond donors (Lipinski definition) is 1. The molecule has 1 atom stereocenters. The fraction of sp³-hybridized carbons (Fsp3) is 0.533. The Morgan fingerprint density at radius 3 is 2.32 bits per heavy atom. The van der Waals surface area contributed by atoms with Gasteiger partial charge in [0.1, 0.15) is 0 Å². The largest absolute Gasteiger partial charge is 0.383 e. The maximum absolute atomic E-state index is 12.1. The van der Waals surface area contributed by atoms with Gasteiger partial charge >= 0.3 is 0 Å². The summed E-state index contributed by atoms with van der Waals surface area (Å²) in [6.07, 6.45) is 0. The number of carbonyl (C=O) groups is 1. The predicted molar refractivity (Wildman–Crippen MR) is 78.7 cm³/mol. The number of nitrogens with one attached hydrogen (secondary N) is 1. The van der Waals surface area contributed by atoms with Gasteiger partial charge in [-0.15, -0.1) is 0 Å². The summed E-state index contributed by atoms with van der Waals surface area (Å²) in [5, 5.41) is 3.32. The van der Waals surface area contributed by atoms with Crippen molar-refractivity contribution in [3.8, 4) is 0 Å². The zero-order valence-corrected chi connectivity index (χ0v) is 12.3. The molecule has 1 amide bonds. The molecule has 0 fully saturated rings. The molecular weight excluding hydrogens is 240 g/mol. The zero-order valence-electron chi connectivity index (χ0n) is 12.3. The third kappa shape index (κ3) is 4.56. The van der Waals surface area contributed by atoms with E-state index in [2.05, 4.69) is 12.2 Å². The van der Waals surface area contributed by atoms with Gasteiger partial charge in [0.05, 0.1) is 6.61 Å². The van der Waals surface area contributed by atoms with E-state index in [1.54, 1.807) is 7.11 Å². The molecule has 0 saturated carbocycles. The second-order valence-electron chi connectivity index (χ2n) is 4.56. The van der Waals surface area contributed by atoms with Gasteiger partial charge in [-0.3, -0.25) is 4.79 Å². The molecule has 1 aromatic rings. The molecule has 0 bridgehead atoms. The second kappa shape index (κ2) is 7.79. The van der Waals surface area contributed by atoms with Crippen LogP contribution in [0, 0.1) is 0 Å². The van der Waals surface area contributed by atoms with Gasteiger partial charge in [-0.25, -0.2) is 0 Å². The maximum Gasteiger partial charge on any atom is 0.253 e. The van der Waals surface area contributed by atoms with E-state index in [1.165, 1.54) is 0 Å². The Kier molecular flexibility index (Phi) is 6.36. The summed E-state index contributed by atoms with van der Waals surface area (Å²) in [5.41, 5.74) is 1.73. The SMILES string of the molecule is CCN(CC)C(=O)c1ccc(N[C@@H](C)COC)cc1. The lowest BCUT2D eigenvalue weighted by atomic mass is 10.1. The first-order valence-electron chi connectivity index (χ1n) is 6.77. The molecule has 19 heavy (non-hydrogen) atoms. The molecule has 1 N–H and O–H groups in total. The molecule has 1 aromatic carbocycles. The number of ether oxygens (including phenoxy) is 1. The molecule has 1 rings (SSSR count). The number of methoxy groups -OCH3 is 1. The molecule has 4 heteroatoms. The Hall–Kier alpha value is -1.55. The van der Waals surface area contributed by atoms with E-state index in [9.17, 15) is 4.79 Å². The van der Waals surface area contributed by atoms with Crippen LogP contribution in [0.1, 0.15) is 31.1 Å². The first-order chi connectivity index (χ1) is 9.12. The number of hydrogen-bond acceptors (Lipinski definition) is 3. The lowest BCUT2D eigenvalue weighted by Crippen LogP contribution is -2.30. The number of anilines is 1. The van der Waals surface area contributed by atoms with Crippen molar-refractivity contribution in [3.63, 3.8) is 0 Å². The minimum absolute atomic E-state index is 0.0847. The number of nitrogens with zero attached hydrogens (tertiary/aromatic N) is 1. The topological polar surface area (TPSA) is 41.6 Å². The zero-order chi connectivity index (χ0) is 14.3. The standard InChI is InChI=1S/C15H24N2O2/c1-5-17(6-2)15(18)13-7-9-14(10-8-13)16-12(3)11-19-4/h7-10,12,16H,5-6,11H2,1-4H3/t12-/m0/s1. The highest BCUT2D eigenvalue weighted by molar-refractivity contribution is 5.94. The lowest BCUT2D eigenvalue weighted by Gasteiger charge is -2.19. The van der Waals surface area contributed by atoms with E-state index in [0.717, 1.165) is 24.3 Å². The monoisotopic (exact) mass is 264 g/mol. The van der Waals surface area contributed by atoms with E-state index < -0.39 is 0 Å². The Labute approximate surface area is 115 Å². The van der Waals surface area contributed by atoms with Crippen LogP contribution in [0.15, 0.2) is 24.3 Å². The summed E-state index contributed by atoms with van der Waals surface area (Å²) >= 11 is 0. The average Bonchev–Trinajstić information content (AvgIpc) is 2.41. The molecule has 0 aliphatic carbocycles. The van der Waals surface area contributed by atoms with Crippen LogP contribution in [0.4, 0.5) is 5.69 Å². The second-order valence-corrected chi connectivity index (χ2v) is 4.56. The van der Waals surface area contributed by atoms with Gasteiger partial charge in [-0.1, -0.05) is 0 Å². The minimum atomic E-state index is 0.0847. The van der Waals surface area contributed by atoms with Crippen LogP contribution in [-0.4, -0.2) is 43.7 Å². The van der Waals surface area contributed by atoms with Crippen molar-refractivity contribution >= 4 is 11.6 Å². The molecule has 0 aliphatic rings. The quantitative estimate of drug-likeness (QED) is 0.823. The molecule has 0 radical (unpaired) electrons. The molecule has 0 spiro atoms. The molecule has 0 aliphatic heterocycles. The Morgan fingerprint density at radius 1 is 1.26 bits per heavy atom. The fourth-order valence-electron chi connectivity index (χ4n) is 1.98. The highest BCUT2D eigenvalue weighted by Crippen LogP contribution is 2.12. The maximum atomic E-state index is 12.1. The molecule has 106 valence electrons. The van der Waals surface area contributed by atoms with Gasteiger partial charge in [-0.2, -0.15) is 0 Å². The van der Waals surface area contributed by atoms with Crippen LogP contribution >= 0.6 is 0 Å². The molecule has 4 nitrogen and oxygen atoms in total. The fourth-order valence-corrected chi connectivity index (χ4v) is 1.98. The first-order valence-corrected chi connectivity index (χ1v) is 6.77. The van der Waals surface area contributed by atoms with Gasteiger partial charge in [0.15, 0.2) is 0 Å². The van der Waals surface area contributed by atoms with Crippen molar-refractivity contribution in [3.05, 3.63) is 29.8 Å². The minimum Gasteiger partial charge on any atom is -0.383 e. The summed E-state index contributed by atoms with van der Waals surface area (Å²) in [7, 11) is 1.68. The molecule has 0 aromatic heterocycles. The van der Waals surface area contributed by atoms with Crippen LogP contribution in [0.5, 0.6) is 0 Å². The summed E-state index contributed by atoms with van der Waals surface area (Å²) in [6, 6.07) is 7.84. The summed E-state index contributed by atoms with van der Waals surface area (Å²) in [5.74, 6) is 0.0847. The molecule has 0 unspecified atom stereocenters. The van der Waals surface area contributed by atoms with Crippen LogP contribution in [0.2, 0.25) is 0 Å². The van der Waals surface area contributed by atoms with Crippen LogP contribution in [-0.2, 0) is 4.74 Å². The highest BCUT2D eigenvalue weighted by Gasteiger charge is 2.12. The van der Waals surface area contributed by atoms with Crippen LogP contribution in [0.3, 0.4) is 0 Å². The predicted octanol–water partition coefficient (Wildman–Crippen LogP) is 2.62. The van der Waals surface area contributed by atoms with Crippen molar-refractivity contribution in [1.82, 2.24) is 4.90 Å². The number of amides is 1. The average molecular weight is 264 g/mol. The summed E-state index contributed by atoms with van der Waals surface area (Å²) in [6.45, 7) is 8.16. The lowest BCUT2D eigenvalue weighted by molar-refractivity contribution is 0.0773. The van der Waals surface area contributed by atoms with E-state index in [1.807, 2.05) is 43.0 Å². The van der Waals surface area contributed by atoms with Crippen molar-refractivity contribution in [1.29, 1.82) is 0 Å². The summed E-state index contributed by atoms with van der Waals surface area (Å²) < 4.78 is 5.08. The van der Waals surface area contributed by atoms with Gasteiger partial charge in [0.2, 0.25) is 0 Å². The molecule has 0 saturated heterocycles. The van der Waals surface area contributed by atoms with Crippen LogP contribution < -0.4 is 5.32 Å². The number of benzene rings is 1.